The van der Waals surface area contributed by atoms with E-state index in [9.17, 15) is 14.4 Å². The number of piperazine rings is 1. The number of anilines is 1. The summed E-state index contributed by atoms with van der Waals surface area (Å²) in [5.41, 5.74) is 13.8. The lowest BCUT2D eigenvalue weighted by Gasteiger charge is -2.38. The largest absolute Gasteiger partial charge is 0.354 e. The van der Waals surface area contributed by atoms with Gasteiger partial charge >= 0.3 is 11.7 Å². The SMILES string of the molecule is CC(C)(N)C(=O)N1CCN(C(=O)Nc2ccn(-c3ccc4c(c3)CCC(N[C@H]3C[C@@H](N)C3)C4)c(=O)n2)CC1. The monoisotopic (exact) mass is 522 g/mol. The number of carbonyl (C=O) groups excluding carboxylic acids is 2. The van der Waals surface area contributed by atoms with Crippen molar-refractivity contribution in [1.29, 1.82) is 0 Å². The summed E-state index contributed by atoms with van der Waals surface area (Å²) in [6.45, 7) is 4.92. The van der Waals surface area contributed by atoms with Gasteiger partial charge in [-0.3, -0.25) is 14.7 Å². The summed E-state index contributed by atoms with van der Waals surface area (Å²) < 4.78 is 1.50. The number of aryl methyl sites for hydroxylation is 1. The van der Waals surface area contributed by atoms with E-state index in [2.05, 4.69) is 27.8 Å². The number of benzene rings is 1. The van der Waals surface area contributed by atoms with E-state index in [4.69, 9.17) is 11.5 Å². The number of hydrogen-bond acceptors (Lipinski definition) is 7. The highest BCUT2D eigenvalue weighted by Gasteiger charge is 2.32. The van der Waals surface area contributed by atoms with Crippen LogP contribution in [0.1, 0.15) is 44.2 Å². The molecule has 2 aromatic rings. The minimum Gasteiger partial charge on any atom is -0.338 e. The number of hydrogen-bond donors (Lipinski definition) is 4. The fraction of sp³-hybridized carbons (Fsp3) is 0.556. The van der Waals surface area contributed by atoms with E-state index in [0.717, 1.165) is 37.8 Å². The molecular formula is C27H38N8O3. The number of rotatable bonds is 5. The Balaban J connectivity index is 1.18. The molecule has 204 valence electrons. The van der Waals surface area contributed by atoms with Crippen LogP contribution >= 0.6 is 0 Å². The molecule has 2 aliphatic carbocycles. The van der Waals surface area contributed by atoms with Crippen LogP contribution in [0, 0.1) is 0 Å². The number of fused-ring (bicyclic) bond motifs is 1. The molecule has 0 bridgehead atoms. The molecule has 0 radical (unpaired) electrons. The fourth-order valence-corrected chi connectivity index (χ4v) is 5.54. The second-order valence-corrected chi connectivity index (χ2v) is 11.4. The molecule has 1 aromatic heterocycles. The maximum atomic E-state index is 12.8. The number of urea groups is 1. The van der Waals surface area contributed by atoms with Gasteiger partial charge in [-0.15, -0.1) is 0 Å². The van der Waals surface area contributed by atoms with Crippen LogP contribution in [0.15, 0.2) is 35.3 Å². The molecule has 11 heteroatoms. The Hall–Kier alpha value is -3.28. The summed E-state index contributed by atoms with van der Waals surface area (Å²) in [6, 6.07) is 8.73. The zero-order valence-electron chi connectivity index (χ0n) is 22.2. The van der Waals surface area contributed by atoms with Gasteiger partial charge in [-0.25, -0.2) is 9.59 Å². The molecule has 3 aliphatic rings. The van der Waals surface area contributed by atoms with E-state index in [1.165, 1.54) is 15.7 Å². The molecule has 1 atom stereocenters. The summed E-state index contributed by atoms with van der Waals surface area (Å²) >= 11 is 0. The fourth-order valence-electron chi connectivity index (χ4n) is 5.54. The number of nitrogens with zero attached hydrogens (tertiary/aromatic N) is 4. The Kier molecular flexibility index (Phi) is 7.26. The molecule has 1 saturated heterocycles. The zero-order chi connectivity index (χ0) is 27.0. The van der Waals surface area contributed by atoms with Crippen LogP contribution in [-0.4, -0.2) is 81.1 Å². The summed E-state index contributed by atoms with van der Waals surface area (Å²) in [7, 11) is 0. The number of nitrogens with two attached hydrogens (primary N) is 2. The van der Waals surface area contributed by atoms with Gasteiger partial charge in [-0.2, -0.15) is 4.98 Å². The first-order valence-electron chi connectivity index (χ1n) is 13.4. The van der Waals surface area contributed by atoms with Crippen LogP contribution in [0.25, 0.3) is 5.69 Å². The highest BCUT2D eigenvalue weighted by atomic mass is 16.2. The van der Waals surface area contributed by atoms with E-state index in [0.29, 0.717) is 44.3 Å². The first kappa shape index (κ1) is 26.3. The maximum Gasteiger partial charge on any atom is 0.354 e. The first-order valence-corrected chi connectivity index (χ1v) is 13.4. The van der Waals surface area contributed by atoms with Crippen LogP contribution in [0.4, 0.5) is 10.6 Å². The molecule has 11 nitrogen and oxygen atoms in total. The van der Waals surface area contributed by atoms with Crippen LogP contribution in [0.3, 0.4) is 0 Å². The second kappa shape index (κ2) is 10.5. The predicted octanol–water partition coefficient (Wildman–Crippen LogP) is 0.583. The molecule has 1 aliphatic heterocycles. The van der Waals surface area contributed by atoms with E-state index in [1.807, 2.05) is 6.07 Å². The lowest BCUT2D eigenvalue weighted by molar-refractivity contribution is -0.137. The molecule has 5 rings (SSSR count). The molecule has 1 aromatic carbocycles. The zero-order valence-corrected chi connectivity index (χ0v) is 22.2. The van der Waals surface area contributed by atoms with Gasteiger partial charge in [-0.05, 0) is 75.3 Å². The molecule has 1 saturated carbocycles. The Labute approximate surface area is 222 Å². The topological polar surface area (TPSA) is 152 Å². The minimum atomic E-state index is -0.944. The van der Waals surface area contributed by atoms with Crippen molar-refractivity contribution < 1.29 is 9.59 Å². The van der Waals surface area contributed by atoms with Crippen LogP contribution < -0.4 is 27.8 Å². The number of nitrogens with one attached hydrogen (secondary N) is 2. The second-order valence-electron chi connectivity index (χ2n) is 11.4. The van der Waals surface area contributed by atoms with Crippen molar-refractivity contribution in [2.24, 2.45) is 11.5 Å². The molecule has 1 unspecified atom stereocenters. The molecule has 0 spiro atoms. The summed E-state index contributed by atoms with van der Waals surface area (Å²) in [6.07, 6.45) is 6.74. The van der Waals surface area contributed by atoms with Crippen LogP contribution in [0.2, 0.25) is 0 Å². The smallest absolute Gasteiger partial charge is 0.338 e. The Morgan fingerprint density at radius 2 is 1.74 bits per heavy atom. The van der Waals surface area contributed by atoms with E-state index < -0.39 is 11.2 Å². The first-order chi connectivity index (χ1) is 18.1. The summed E-state index contributed by atoms with van der Waals surface area (Å²) in [4.78, 5) is 45.3. The Bertz CT molecular complexity index is 1260. The number of aromatic nitrogens is 2. The Morgan fingerprint density at radius 1 is 1.03 bits per heavy atom. The van der Waals surface area contributed by atoms with Crippen molar-refractivity contribution in [3.8, 4) is 5.69 Å². The number of amides is 3. The standard InChI is InChI=1S/C27H38N8O3/c1-27(2,29)24(36)33-9-11-34(12-10-33)25(37)31-23-7-8-35(26(38)32-23)22-6-4-17-13-20(5-3-18(17)14-22)30-21-15-19(28)16-21/h4,6-8,14,19-21,30H,3,5,9-13,15-16,28-29H2,1-2H3,(H,31,32,37,38)/t19-,20?,21+. The van der Waals surface area contributed by atoms with E-state index in [-0.39, 0.29) is 17.8 Å². The van der Waals surface area contributed by atoms with E-state index in [1.54, 1.807) is 35.9 Å². The third-order valence-corrected chi connectivity index (χ3v) is 7.79. The molecule has 2 fully saturated rings. The van der Waals surface area contributed by atoms with Gasteiger partial charge in [0.15, 0.2) is 0 Å². The van der Waals surface area contributed by atoms with Gasteiger partial charge in [-0.1, -0.05) is 6.07 Å². The molecule has 38 heavy (non-hydrogen) atoms. The van der Waals surface area contributed by atoms with Crippen molar-refractivity contribution >= 4 is 17.8 Å². The van der Waals surface area contributed by atoms with Crippen LogP contribution in [-0.2, 0) is 17.6 Å². The average molecular weight is 523 g/mol. The molecular weight excluding hydrogens is 484 g/mol. The molecule has 6 N–H and O–H groups in total. The van der Waals surface area contributed by atoms with Crippen molar-refractivity contribution in [2.45, 2.75) is 69.6 Å². The lowest BCUT2D eigenvalue weighted by Crippen LogP contribution is -2.58. The molecule has 3 amide bonds. The number of carbonyl (C=O) groups is 2. The van der Waals surface area contributed by atoms with Gasteiger partial charge in [0.1, 0.15) is 5.82 Å². The predicted molar refractivity (Wildman–Crippen MR) is 145 cm³/mol. The molecule has 2 heterocycles. The summed E-state index contributed by atoms with van der Waals surface area (Å²) in [5.74, 6) is 0.0563. The maximum absolute atomic E-state index is 12.8. The summed E-state index contributed by atoms with van der Waals surface area (Å²) in [5, 5.41) is 6.44. The van der Waals surface area contributed by atoms with Gasteiger partial charge in [0, 0.05) is 50.5 Å². The normalized spacial score (nSPS) is 23.4. The quantitative estimate of drug-likeness (QED) is 0.448. The van der Waals surface area contributed by atoms with E-state index >= 15 is 0 Å². The van der Waals surface area contributed by atoms with Gasteiger partial charge in [0.05, 0.1) is 11.2 Å². The third-order valence-electron chi connectivity index (χ3n) is 7.79. The van der Waals surface area contributed by atoms with Gasteiger partial charge < -0.3 is 26.6 Å². The van der Waals surface area contributed by atoms with Crippen molar-refractivity contribution in [3.63, 3.8) is 0 Å². The highest BCUT2D eigenvalue weighted by Crippen LogP contribution is 2.26. The van der Waals surface area contributed by atoms with Crippen LogP contribution in [0.5, 0.6) is 0 Å². The highest BCUT2D eigenvalue weighted by molar-refractivity contribution is 5.89. The van der Waals surface area contributed by atoms with Gasteiger partial charge in [0.25, 0.3) is 0 Å². The van der Waals surface area contributed by atoms with Crippen molar-refractivity contribution in [1.82, 2.24) is 24.7 Å². The van der Waals surface area contributed by atoms with Gasteiger partial charge in [0.2, 0.25) is 5.91 Å². The minimum absolute atomic E-state index is 0.139. The van der Waals surface area contributed by atoms with Crippen molar-refractivity contribution in [3.05, 3.63) is 52.1 Å². The Morgan fingerprint density at radius 3 is 2.39 bits per heavy atom. The van der Waals surface area contributed by atoms with Crippen molar-refractivity contribution in [2.75, 3.05) is 31.5 Å². The average Bonchev–Trinajstić information content (AvgIpc) is 2.86. The third kappa shape index (κ3) is 5.74. The lowest BCUT2D eigenvalue weighted by atomic mass is 9.83.